The van der Waals surface area contributed by atoms with Crippen LogP contribution < -0.4 is 4.90 Å². The van der Waals surface area contributed by atoms with Crippen molar-refractivity contribution in [1.29, 1.82) is 0 Å². The summed E-state index contributed by atoms with van der Waals surface area (Å²) in [5.41, 5.74) is 2.40. The Balaban J connectivity index is 1.40. The van der Waals surface area contributed by atoms with Crippen LogP contribution in [0.5, 0.6) is 0 Å². The number of anilines is 1. The van der Waals surface area contributed by atoms with Gasteiger partial charge in [-0.15, -0.1) is 5.10 Å². The van der Waals surface area contributed by atoms with Gasteiger partial charge in [0, 0.05) is 44.3 Å². The first-order chi connectivity index (χ1) is 11.3. The first-order valence-corrected chi connectivity index (χ1v) is 7.98. The Morgan fingerprint density at radius 2 is 2.00 bits per heavy atom. The van der Waals surface area contributed by atoms with Crippen LogP contribution in [0.4, 0.5) is 5.95 Å². The first-order valence-electron chi connectivity index (χ1n) is 7.98. The Kier molecular flexibility index (Phi) is 3.67. The normalized spacial score (nSPS) is 16.1. The van der Waals surface area contributed by atoms with Crippen molar-refractivity contribution >= 4 is 16.9 Å². The van der Waals surface area contributed by atoms with Gasteiger partial charge in [-0.1, -0.05) is 12.1 Å². The van der Waals surface area contributed by atoms with Crippen molar-refractivity contribution in [2.24, 2.45) is 0 Å². The fourth-order valence-electron chi connectivity index (χ4n) is 3.06. The van der Waals surface area contributed by atoms with Crippen molar-refractivity contribution in [3.05, 3.63) is 47.9 Å². The van der Waals surface area contributed by atoms with Crippen molar-refractivity contribution < 1.29 is 0 Å². The van der Waals surface area contributed by atoms with Crippen LogP contribution in [0.2, 0.25) is 0 Å². The lowest BCUT2D eigenvalue weighted by Crippen LogP contribution is -2.46. The maximum atomic E-state index is 4.41. The number of rotatable bonds is 3. The lowest BCUT2D eigenvalue weighted by atomic mass is 10.1. The van der Waals surface area contributed by atoms with E-state index in [-0.39, 0.29) is 0 Å². The Morgan fingerprint density at radius 1 is 1.13 bits per heavy atom. The molecule has 2 aromatic heterocycles. The van der Waals surface area contributed by atoms with Gasteiger partial charge in [-0.25, -0.2) is 0 Å². The van der Waals surface area contributed by atoms with Gasteiger partial charge in [0.05, 0.1) is 5.52 Å². The van der Waals surface area contributed by atoms with Gasteiger partial charge >= 0.3 is 0 Å². The van der Waals surface area contributed by atoms with Crippen molar-refractivity contribution in [3.8, 4) is 0 Å². The fourth-order valence-corrected chi connectivity index (χ4v) is 3.06. The molecule has 6 nitrogen and oxygen atoms in total. The molecule has 1 aliphatic heterocycles. The van der Waals surface area contributed by atoms with Gasteiger partial charge in [0.1, 0.15) is 5.82 Å². The minimum Gasteiger partial charge on any atom is -0.337 e. The number of nitrogens with one attached hydrogen (secondary N) is 1. The van der Waals surface area contributed by atoms with Gasteiger partial charge in [0.2, 0.25) is 5.95 Å². The monoisotopic (exact) mass is 308 g/mol. The standard InChI is InChI=1S/C17H20N6/c1-13-19-17(21-20-13)23-9-7-22(8-10-23)12-14-4-5-16-15(11-14)3-2-6-18-16/h2-6,11H,7-10,12H2,1H3,(H,19,20,21). The maximum absolute atomic E-state index is 4.41. The average molecular weight is 308 g/mol. The van der Waals surface area contributed by atoms with Crippen LogP contribution in [-0.4, -0.2) is 51.2 Å². The first kappa shape index (κ1) is 14.1. The van der Waals surface area contributed by atoms with Crippen LogP contribution >= 0.6 is 0 Å². The molecule has 0 radical (unpaired) electrons. The van der Waals surface area contributed by atoms with Crippen LogP contribution in [0.15, 0.2) is 36.5 Å². The molecule has 1 N–H and O–H groups in total. The number of aryl methyl sites for hydroxylation is 1. The zero-order valence-corrected chi connectivity index (χ0v) is 13.2. The zero-order valence-electron chi connectivity index (χ0n) is 13.2. The highest BCUT2D eigenvalue weighted by Gasteiger charge is 2.19. The molecule has 3 aromatic rings. The SMILES string of the molecule is Cc1nc(N2CCN(Cc3ccc4ncccc4c3)CC2)n[nH]1. The number of pyridine rings is 1. The third-order valence-corrected chi connectivity index (χ3v) is 4.31. The summed E-state index contributed by atoms with van der Waals surface area (Å²) < 4.78 is 0. The summed E-state index contributed by atoms with van der Waals surface area (Å²) in [6.07, 6.45) is 1.84. The summed E-state index contributed by atoms with van der Waals surface area (Å²) in [7, 11) is 0. The number of fused-ring (bicyclic) bond motifs is 1. The van der Waals surface area contributed by atoms with E-state index in [2.05, 4.69) is 54.2 Å². The Bertz CT molecular complexity index is 803. The van der Waals surface area contributed by atoms with E-state index in [0.717, 1.165) is 50.0 Å². The molecule has 1 fully saturated rings. The lowest BCUT2D eigenvalue weighted by Gasteiger charge is -2.34. The molecule has 6 heteroatoms. The predicted molar refractivity (Wildman–Crippen MR) is 90.4 cm³/mol. The van der Waals surface area contributed by atoms with Crippen LogP contribution in [0.3, 0.4) is 0 Å². The van der Waals surface area contributed by atoms with Crippen molar-refractivity contribution in [3.63, 3.8) is 0 Å². The Hall–Kier alpha value is -2.47. The van der Waals surface area contributed by atoms with E-state index in [0.29, 0.717) is 0 Å². The van der Waals surface area contributed by atoms with Gasteiger partial charge < -0.3 is 4.90 Å². The van der Waals surface area contributed by atoms with Gasteiger partial charge in [0.25, 0.3) is 0 Å². The van der Waals surface area contributed by atoms with Gasteiger partial charge in [-0.2, -0.15) is 4.98 Å². The molecule has 1 aromatic carbocycles. The number of hydrogen-bond acceptors (Lipinski definition) is 5. The molecular weight excluding hydrogens is 288 g/mol. The van der Waals surface area contributed by atoms with E-state index in [1.54, 1.807) is 0 Å². The maximum Gasteiger partial charge on any atom is 0.244 e. The average Bonchev–Trinajstić information content (AvgIpc) is 3.02. The summed E-state index contributed by atoms with van der Waals surface area (Å²) in [5, 5.41) is 8.37. The van der Waals surface area contributed by atoms with E-state index >= 15 is 0 Å². The highest BCUT2D eigenvalue weighted by Crippen LogP contribution is 2.17. The molecule has 3 heterocycles. The lowest BCUT2D eigenvalue weighted by molar-refractivity contribution is 0.249. The smallest absolute Gasteiger partial charge is 0.244 e. The van der Waals surface area contributed by atoms with Gasteiger partial charge in [-0.3, -0.25) is 15.0 Å². The molecule has 0 bridgehead atoms. The summed E-state index contributed by atoms with van der Waals surface area (Å²) in [6, 6.07) is 10.6. The second-order valence-corrected chi connectivity index (χ2v) is 6.01. The summed E-state index contributed by atoms with van der Waals surface area (Å²) >= 11 is 0. The number of benzene rings is 1. The topological polar surface area (TPSA) is 60.9 Å². The molecule has 0 unspecified atom stereocenters. The number of aromatic amines is 1. The number of H-pyrrole nitrogens is 1. The van der Waals surface area contributed by atoms with Crippen molar-refractivity contribution in [2.75, 3.05) is 31.1 Å². The highest BCUT2D eigenvalue weighted by atomic mass is 15.4. The number of aromatic nitrogens is 4. The van der Waals surface area contributed by atoms with Crippen molar-refractivity contribution in [2.45, 2.75) is 13.5 Å². The van der Waals surface area contributed by atoms with Gasteiger partial charge in [0.15, 0.2) is 0 Å². The minimum atomic E-state index is 0.818. The fraction of sp³-hybridized carbons (Fsp3) is 0.353. The second kappa shape index (κ2) is 5.96. The molecule has 1 aliphatic rings. The third-order valence-electron chi connectivity index (χ3n) is 4.31. The molecule has 0 saturated carbocycles. The van der Waals surface area contributed by atoms with Gasteiger partial charge in [-0.05, 0) is 30.7 Å². The van der Waals surface area contributed by atoms with Crippen LogP contribution in [0.25, 0.3) is 10.9 Å². The Morgan fingerprint density at radius 3 is 2.78 bits per heavy atom. The van der Waals surface area contributed by atoms with Crippen LogP contribution in [0.1, 0.15) is 11.4 Å². The molecule has 0 aliphatic carbocycles. The molecule has 118 valence electrons. The summed E-state index contributed by atoms with van der Waals surface area (Å²) in [5.74, 6) is 1.69. The molecule has 23 heavy (non-hydrogen) atoms. The molecule has 0 amide bonds. The quantitative estimate of drug-likeness (QED) is 0.802. The molecule has 1 saturated heterocycles. The van der Waals surface area contributed by atoms with E-state index < -0.39 is 0 Å². The summed E-state index contributed by atoms with van der Waals surface area (Å²) in [4.78, 5) is 13.5. The third kappa shape index (κ3) is 3.03. The molecule has 0 atom stereocenters. The second-order valence-electron chi connectivity index (χ2n) is 6.01. The largest absolute Gasteiger partial charge is 0.337 e. The van der Waals surface area contributed by atoms with Crippen LogP contribution in [0, 0.1) is 6.92 Å². The number of nitrogens with zero attached hydrogens (tertiary/aromatic N) is 5. The predicted octanol–water partition coefficient (Wildman–Crippen LogP) is 1.98. The molecule has 4 rings (SSSR count). The molecular formula is C17H20N6. The van der Waals surface area contributed by atoms with E-state index in [4.69, 9.17) is 0 Å². The van der Waals surface area contributed by atoms with Crippen molar-refractivity contribution in [1.82, 2.24) is 25.1 Å². The van der Waals surface area contributed by atoms with E-state index in [9.17, 15) is 0 Å². The molecule has 0 spiro atoms. The number of piperazine rings is 1. The zero-order chi connectivity index (χ0) is 15.6. The Labute approximate surface area is 135 Å². The summed E-state index contributed by atoms with van der Waals surface area (Å²) in [6.45, 7) is 6.89. The minimum absolute atomic E-state index is 0.818. The van der Waals surface area contributed by atoms with Crippen LogP contribution in [-0.2, 0) is 6.54 Å². The van der Waals surface area contributed by atoms with E-state index in [1.165, 1.54) is 10.9 Å². The van der Waals surface area contributed by atoms with E-state index in [1.807, 2.05) is 19.2 Å². The number of hydrogen-bond donors (Lipinski definition) is 1. The highest BCUT2D eigenvalue weighted by molar-refractivity contribution is 5.78.